The lowest BCUT2D eigenvalue weighted by molar-refractivity contribution is 0.0692. The van der Waals surface area contributed by atoms with E-state index in [0.717, 1.165) is 18.9 Å². The smallest absolute Gasteiger partial charge is 0.124 e. The van der Waals surface area contributed by atoms with Gasteiger partial charge in [-0.25, -0.2) is 0 Å². The second kappa shape index (κ2) is 5.72. The van der Waals surface area contributed by atoms with Crippen molar-refractivity contribution >= 4 is 0 Å². The largest absolute Gasteiger partial charge is 0.492 e. The first-order valence-corrected chi connectivity index (χ1v) is 6.83. The molecule has 0 radical (unpaired) electrons. The lowest BCUT2D eigenvalue weighted by Gasteiger charge is -2.42. The normalized spacial score (nSPS) is 23.0. The van der Waals surface area contributed by atoms with Crippen molar-refractivity contribution in [1.29, 1.82) is 0 Å². The van der Waals surface area contributed by atoms with Crippen LogP contribution in [-0.2, 0) is 0 Å². The molecule has 0 fully saturated rings. The number of rotatable bonds is 4. The van der Waals surface area contributed by atoms with Gasteiger partial charge in [-0.05, 0) is 33.5 Å². The number of ether oxygens (including phenoxy) is 1. The Hall–Kier alpha value is -1.06. The molecule has 0 amide bonds. The molecule has 0 aliphatic carbocycles. The molecule has 0 saturated heterocycles. The number of hydrogen-bond donors (Lipinski definition) is 1. The van der Waals surface area contributed by atoms with Crippen molar-refractivity contribution in [3.8, 4) is 5.75 Å². The minimum absolute atomic E-state index is 0.345. The van der Waals surface area contributed by atoms with Gasteiger partial charge in [-0.1, -0.05) is 25.1 Å². The second-order valence-electron chi connectivity index (χ2n) is 5.11. The van der Waals surface area contributed by atoms with Crippen molar-refractivity contribution in [1.82, 2.24) is 10.2 Å². The van der Waals surface area contributed by atoms with Crippen LogP contribution in [0.3, 0.4) is 0 Å². The predicted octanol–water partition coefficient (Wildman–Crippen LogP) is 2.44. The molecule has 1 heterocycles. The van der Waals surface area contributed by atoms with Gasteiger partial charge in [-0.15, -0.1) is 0 Å². The van der Waals surface area contributed by atoms with E-state index in [2.05, 4.69) is 49.2 Å². The summed E-state index contributed by atoms with van der Waals surface area (Å²) in [6, 6.07) is 9.61. The number of hydrogen-bond acceptors (Lipinski definition) is 3. The Balaban J connectivity index is 2.30. The summed E-state index contributed by atoms with van der Waals surface area (Å²) < 4.78 is 5.92. The van der Waals surface area contributed by atoms with Crippen molar-refractivity contribution in [2.75, 3.05) is 20.2 Å². The Morgan fingerprint density at radius 3 is 2.72 bits per heavy atom. The Labute approximate surface area is 110 Å². The topological polar surface area (TPSA) is 24.5 Å². The van der Waals surface area contributed by atoms with Crippen LogP contribution in [0.4, 0.5) is 0 Å². The lowest BCUT2D eigenvalue weighted by Crippen LogP contribution is -2.52. The zero-order chi connectivity index (χ0) is 13.1. The average Bonchev–Trinajstić information content (AvgIpc) is 2.38. The van der Waals surface area contributed by atoms with Crippen LogP contribution in [0.5, 0.6) is 5.75 Å². The van der Waals surface area contributed by atoms with E-state index >= 15 is 0 Å². The van der Waals surface area contributed by atoms with Gasteiger partial charge in [0.15, 0.2) is 0 Å². The minimum atomic E-state index is 0.345. The van der Waals surface area contributed by atoms with E-state index in [4.69, 9.17) is 4.74 Å². The quantitative estimate of drug-likeness (QED) is 0.885. The summed E-state index contributed by atoms with van der Waals surface area (Å²) in [5.41, 5.74) is 1.27. The van der Waals surface area contributed by atoms with Crippen LogP contribution in [0.1, 0.15) is 32.4 Å². The number of nitrogens with zero attached hydrogens (tertiary/aromatic N) is 1. The van der Waals surface area contributed by atoms with Gasteiger partial charge in [-0.3, -0.25) is 4.90 Å². The van der Waals surface area contributed by atoms with Gasteiger partial charge >= 0.3 is 0 Å². The van der Waals surface area contributed by atoms with Crippen LogP contribution in [0.25, 0.3) is 0 Å². The Bertz CT molecular complexity index is 392. The molecule has 18 heavy (non-hydrogen) atoms. The van der Waals surface area contributed by atoms with Gasteiger partial charge < -0.3 is 10.1 Å². The molecule has 100 valence electrons. The molecule has 1 N–H and O–H groups in total. The first-order chi connectivity index (χ1) is 8.69. The Morgan fingerprint density at radius 1 is 1.39 bits per heavy atom. The molecule has 0 saturated carbocycles. The highest BCUT2D eigenvalue weighted by atomic mass is 16.5. The fraction of sp³-hybridized carbons (Fsp3) is 0.600. The maximum atomic E-state index is 5.92. The molecule has 2 unspecified atom stereocenters. The van der Waals surface area contributed by atoms with Gasteiger partial charge in [-0.2, -0.15) is 0 Å². The van der Waals surface area contributed by atoms with Crippen molar-refractivity contribution < 1.29 is 4.74 Å². The van der Waals surface area contributed by atoms with Gasteiger partial charge in [0.1, 0.15) is 12.4 Å². The van der Waals surface area contributed by atoms with E-state index in [-0.39, 0.29) is 0 Å². The molecule has 2 atom stereocenters. The number of nitrogens with one attached hydrogen (secondary N) is 1. The third-order valence-electron chi connectivity index (χ3n) is 3.81. The van der Waals surface area contributed by atoms with E-state index < -0.39 is 0 Å². The second-order valence-corrected chi connectivity index (χ2v) is 5.11. The van der Waals surface area contributed by atoms with E-state index in [0.29, 0.717) is 18.1 Å². The molecule has 1 aliphatic heterocycles. The van der Waals surface area contributed by atoms with E-state index in [1.807, 2.05) is 13.1 Å². The zero-order valence-corrected chi connectivity index (χ0v) is 11.8. The summed E-state index contributed by atoms with van der Waals surface area (Å²) in [4.78, 5) is 2.50. The predicted molar refractivity (Wildman–Crippen MR) is 75.0 cm³/mol. The third-order valence-corrected chi connectivity index (χ3v) is 3.81. The third kappa shape index (κ3) is 2.38. The molecule has 1 aliphatic rings. The molecule has 3 heteroatoms. The van der Waals surface area contributed by atoms with Crippen LogP contribution in [-0.4, -0.2) is 37.2 Å². The number of likely N-dealkylation sites (N-methyl/N-ethyl adjacent to an activating group) is 2. The molecule has 0 aromatic heterocycles. The van der Waals surface area contributed by atoms with E-state index in [9.17, 15) is 0 Å². The van der Waals surface area contributed by atoms with Crippen molar-refractivity contribution in [2.24, 2.45) is 0 Å². The highest BCUT2D eigenvalue weighted by Gasteiger charge is 2.34. The molecule has 3 nitrogen and oxygen atoms in total. The molecular formula is C15H24N2O. The Kier molecular flexibility index (Phi) is 4.25. The van der Waals surface area contributed by atoms with Gasteiger partial charge in [0.2, 0.25) is 0 Å². The summed E-state index contributed by atoms with van der Waals surface area (Å²) in [5, 5.41) is 3.46. The number of para-hydroxylation sites is 1. The van der Waals surface area contributed by atoms with Crippen LogP contribution < -0.4 is 10.1 Å². The molecule has 1 aromatic carbocycles. The first kappa shape index (κ1) is 13.4. The fourth-order valence-electron chi connectivity index (χ4n) is 2.97. The SMILES string of the molecule is CCN(C(C)C)C1COc2ccccc2C1NC. The highest BCUT2D eigenvalue weighted by Crippen LogP contribution is 2.34. The average molecular weight is 248 g/mol. The molecular weight excluding hydrogens is 224 g/mol. The van der Waals surface area contributed by atoms with E-state index in [1.54, 1.807) is 0 Å². The van der Waals surface area contributed by atoms with Crippen LogP contribution in [0, 0.1) is 0 Å². The number of fused-ring (bicyclic) bond motifs is 1. The Morgan fingerprint density at radius 2 is 2.11 bits per heavy atom. The summed E-state index contributed by atoms with van der Waals surface area (Å²) in [5.74, 6) is 1.02. The molecule has 0 spiro atoms. The highest BCUT2D eigenvalue weighted by molar-refractivity contribution is 5.38. The monoisotopic (exact) mass is 248 g/mol. The minimum Gasteiger partial charge on any atom is -0.492 e. The van der Waals surface area contributed by atoms with Crippen LogP contribution in [0.15, 0.2) is 24.3 Å². The van der Waals surface area contributed by atoms with Crippen LogP contribution in [0.2, 0.25) is 0 Å². The molecule has 0 bridgehead atoms. The molecule has 2 rings (SSSR count). The maximum Gasteiger partial charge on any atom is 0.124 e. The van der Waals surface area contributed by atoms with Gasteiger partial charge in [0.05, 0.1) is 12.1 Å². The fourth-order valence-corrected chi connectivity index (χ4v) is 2.97. The maximum absolute atomic E-state index is 5.92. The standard InChI is InChI=1S/C15H24N2O/c1-5-17(11(2)3)13-10-18-14-9-7-6-8-12(14)15(13)16-4/h6-9,11,13,15-16H,5,10H2,1-4H3. The summed E-state index contributed by atoms with van der Waals surface area (Å²) >= 11 is 0. The summed E-state index contributed by atoms with van der Waals surface area (Å²) in [7, 11) is 2.04. The van der Waals surface area contributed by atoms with Crippen LogP contribution >= 0.6 is 0 Å². The number of benzene rings is 1. The summed E-state index contributed by atoms with van der Waals surface area (Å²) in [6.07, 6.45) is 0. The molecule has 1 aromatic rings. The van der Waals surface area contributed by atoms with E-state index in [1.165, 1.54) is 5.56 Å². The summed E-state index contributed by atoms with van der Waals surface area (Å²) in [6.45, 7) is 8.52. The zero-order valence-electron chi connectivity index (χ0n) is 11.8. The van der Waals surface area contributed by atoms with Crippen molar-refractivity contribution in [2.45, 2.75) is 38.9 Å². The van der Waals surface area contributed by atoms with Gasteiger partial charge in [0.25, 0.3) is 0 Å². The first-order valence-electron chi connectivity index (χ1n) is 6.83. The van der Waals surface area contributed by atoms with Gasteiger partial charge in [0, 0.05) is 11.6 Å². The van der Waals surface area contributed by atoms with Crippen molar-refractivity contribution in [3.05, 3.63) is 29.8 Å². The lowest BCUT2D eigenvalue weighted by atomic mass is 9.94. The van der Waals surface area contributed by atoms with Crippen molar-refractivity contribution in [3.63, 3.8) is 0 Å².